The smallest absolute Gasteiger partial charge is 0.232 e. The summed E-state index contributed by atoms with van der Waals surface area (Å²) >= 11 is 0. The van der Waals surface area contributed by atoms with Crippen molar-refractivity contribution in [3.8, 4) is 5.75 Å². The van der Waals surface area contributed by atoms with E-state index in [2.05, 4.69) is 12.0 Å². The monoisotopic (exact) mass is 308 g/mol. The molecular formula is C12H21ClN2O3S. The number of hydrogen-bond donors (Lipinski definition) is 0. The van der Waals surface area contributed by atoms with Crippen molar-refractivity contribution in [3.63, 3.8) is 0 Å². The maximum atomic E-state index is 11.1. The summed E-state index contributed by atoms with van der Waals surface area (Å²) in [5, 5.41) is 4.15. The van der Waals surface area contributed by atoms with Gasteiger partial charge in [-0.25, -0.2) is 8.42 Å². The standard InChI is InChI=1S/C12H21ClN2O3S/c1-3-5-11(10-19(13,16)17)9-18-12-7-14-15(8-12)6-4-2/h7-8,11H,3-6,9-10H2,1-2H3. The van der Waals surface area contributed by atoms with Crippen LogP contribution in [0.15, 0.2) is 12.4 Å². The normalized spacial score (nSPS) is 13.4. The van der Waals surface area contributed by atoms with Crippen molar-refractivity contribution < 1.29 is 13.2 Å². The van der Waals surface area contributed by atoms with Crippen LogP contribution in [0, 0.1) is 5.92 Å². The van der Waals surface area contributed by atoms with Gasteiger partial charge in [-0.1, -0.05) is 20.3 Å². The second-order valence-corrected chi connectivity index (χ2v) is 7.43. The number of halogens is 1. The van der Waals surface area contributed by atoms with Crippen LogP contribution in [0.1, 0.15) is 33.1 Å². The molecule has 0 spiro atoms. The highest BCUT2D eigenvalue weighted by Gasteiger charge is 2.17. The van der Waals surface area contributed by atoms with E-state index in [1.165, 1.54) is 0 Å². The highest BCUT2D eigenvalue weighted by Crippen LogP contribution is 2.16. The quantitative estimate of drug-likeness (QED) is 0.658. The lowest BCUT2D eigenvalue weighted by molar-refractivity contribution is 0.252. The van der Waals surface area contributed by atoms with Crippen molar-refractivity contribution in [2.24, 2.45) is 5.92 Å². The third-order valence-electron chi connectivity index (χ3n) is 2.68. The summed E-state index contributed by atoms with van der Waals surface area (Å²) in [5.41, 5.74) is 0. The largest absolute Gasteiger partial charge is 0.490 e. The molecule has 1 unspecified atom stereocenters. The lowest BCUT2D eigenvalue weighted by Gasteiger charge is -2.14. The molecule has 5 nitrogen and oxygen atoms in total. The first-order valence-corrected chi connectivity index (χ1v) is 9.00. The van der Waals surface area contributed by atoms with Crippen molar-refractivity contribution in [1.29, 1.82) is 0 Å². The number of aryl methyl sites for hydroxylation is 1. The van der Waals surface area contributed by atoms with E-state index in [4.69, 9.17) is 15.4 Å². The van der Waals surface area contributed by atoms with Gasteiger partial charge < -0.3 is 4.74 Å². The van der Waals surface area contributed by atoms with Crippen LogP contribution < -0.4 is 4.74 Å². The van der Waals surface area contributed by atoms with Gasteiger partial charge in [-0.15, -0.1) is 0 Å². The number of hydrogen-bond acceptors (Lipinski definition) is 4. The Labute approximate surface area is 119 Å². The second kappa shape index (κ2) is 7.75. The molecule has 0 aliphatic rings. The average Bonchev–Trinajstić information content (AvgIpc) is 2.73. The zero-order valence-electron chi connectivity index (χ0n) is 11.4. The molecule has 0 bridgehead atoms. The molecule has 0 aromatic carbocycles. The zero-order chi connectivity index (χ0) is 14.3. The second-order valence-electron chi connectivity index (χ2n) is 4.61. The maximum absolute atomic E-state index is 11.1. The molecule has 0 N–H and O–H groups in total. The van der Waals surface area contributed by atoms with Gasteiger partial charge in [0.2, 0.25) is 9.05 Å². The summed E-state index contributed by atoms with van der Waals surface area (Å²) in [6.45, 7) is 5.27. The van der Waals surface area contributed by atoms with Gasteiger partial charge in [0.05, 0.1) is 24.8 Å². The van der Waals surface area contributed by atoms with Crippen LogP contribution in [0.25, 0.3) is 0 Å². The van der Waals surface area contributed by atoms with Gasteiger partial charge in [0.15, 0.2) is 5.75 Å². The molecule has 1 rings (SSSR count). The van der Waals surface area contributed by atoms with Crippen molar-refractivity contribution in [1.82, 2.24) is 9.78 Å². The predicted octanol–water partition coefficient (Wildman–Crippen LogP) is 2.66. The molecule has 1 heterocycles. The van der Waals surface area contributed by atoms with E-state index in [0.29, 0.717) is 12.4 Å². The number of rotatable bonds is 9. The van der Waals surface area contributed by atoms with Crippen molar-refractivity contribution in [3.05, 3.63) is 12.4 Å². The molecule has 19 heavy (non-hydrogen) atoms. The summed E-state index contributed by atoms with van der Waals surface area (Å²) in [6.07, 6.45) is 6.14. The van der Waals surface area contributed by atoms with Gasteiger partial charge in [-0.3, -0.25) is 4.68 Å². The zero-order valence-corrected chi connectivity index (χ0v) is 13.0. The molecule has 0 saturated carbocycles. The van der Waals surface area contributed by atoms with Gasteiger partial charge >= 0.3 is 0 Å². The minimum atomic E-state index is -3.48. The fraction of sp³-hybridized carbons (Fsp3) is 0.750. The van der Waals surface area contributed by atoms with Gasteiger partial charge in [-0.2, -0.15) is 5.10 Å². The Balaban J connectivity index is 2.50. The van der Waals surface area contributed by atoms with Crippen LogP contribution in [0.2, 0.25) is 0 Å². The van der Waals surface area contributed by atoms with Gasteiger partial charge in [-0.05, 0) is 12.8 Å². The molecule has 1 atom stereocenters. The Morgan fingerprint density at radius 1 is 1.42 bits per heavy atom. The fourth-order valence-corrected chi connectivity index (χ4v) is 3.25. The fourth-order valence-electron chi connectivity index (χ4n) is 1.89. The first kappa shape index (κ1) is 16.3. The van der Waals surface area contributed by atoms with E-state index >= 15 is 0 Å². The molecule has 0 fully saturated rings. The summed E-state index contributed by atoms with van der Waals surface area (Å²) < 4.78 is 29.6. The molecule has 110 valence electrons. The predicted molar refractivity (Wildman–Crippen MR) is 76.1 cm³/mol. The lowest BCUT2D eigenvalue weighted by atomic mass is 10.1. The topological polar surface area (TPSA) is 61.2 Å². The molecule has 1 aromatic rings. The van der Waals surface area contributed by atoms with E-state index < -0.39 is 9.05 Å². The maximum Gasteiger partial charge on any atom is 0.232 e. The van der Waals surface area contributed by atoms with E-state index in [-0.39, 0.29) is 11.7 Å². The highest BCUT2D eigenvalue weighted by molar-refractivity contribution is 8.13. The van der Waals surface area contributed by atoms with Gasteiger partial charge in [0, 0.05) is 23.1 Å². The Kier molecular flexibility index (Phi) is 6.65. The minimum absolute atomic E-state index is 0.0501. The van der Waals surface area contributed by atoms with Gasteiger partial charge in [0.25, 0.3) is 0 Å². The van der Waals surface area contributed by atoms with Gasteiger partial charge in [0.1, 0.15) is 0 Å². The molecule has 0 amide bonds. The van der Waals surface area contributed by atoms with Crippen molar-refractivity contribution >= 4 is 19.7 Å². The SMILES string of the molecule is CCCC(COc1cnn(CCC)c1)CS(=O)(=O)Cl. The molecule has 0 radical (unpaired) electrons. The third kappa shape index (κ3) is 6.82. The molecule has 1 aromatic heterocycles. The van der Waals surface area contributed by atoms with Crippen LogP contribution >= 0.6 is 10.7 Å². The Morgan fingerprint density at radius 2 is 2.16 bits per heavy atom. The first-order valence-electron chi connectivity index (χ1n) is 6.52. The number of ether oxygens (including phenoxy) is 1. The van der Waals surface area contributed by atoms with E-state index in [1.54, 1.807) is 6.20 Å². The van der Waals surface area contributed by atoms with Crippen molar-refractivity contribution in [2.45, 2.75) is 39.7 Å². The molecular weight excluding hydrogens is 288 g/mol. The van der Waals surface area contributed by atoms with Crippen molar-refractivity contribution in [2.75, 3.05) is 12.4 Å². The molecule has 0 aliphatic carbocycles. The number of nitrogens with zero attached hydrogens (tertiary/aromatic N) is 2. The van der Waals surface area contributed by atoms with Crippen LogP contribution in [-0.2, 0) is 15.6 Å². The van der Waals surface area contributed by atoms with Crippen LogP contribution in [0.4, 0.5) is 0 Å². The Morgan fingerprint density at radius 3 is 2.74 bits per heavy atom. The Hall–Kier alpha value is -0.750. The Bertz CT molecular complexity index is 473. The summed E-state index contributed by atoms with van der Waals surface area (Å²) in [7, 11) is 1.81. The summed E-state index contributed by atoms with van der Waals surface area (Å²) in [6, 6.07) is 0. The lowest BCUT2D eigenvalue weighted by Crippen LogP contribution is -2.19. The third-order valence-corrected chi connectivity index (χ3v) is 3.93. The van der Waals surface area contributed by atoms with Crippen LogP contribution in [-0.4, -0.2) is 30.6 Å². The molecule has 0 saturated heterocycles. The first-order chi connectivity index (χ1) is 8.94. The molecule has 7 heteroatoms. The van der Waals surface area contributed by atoms with E-state index in [1.807, 2.05) is 17.8 Å². The minimum Gasteiger partial charge on any atom is -0.490 e. The van der Waals surface area contributed by atoms with Crippen LogP contribution in [0.3, 0.4) is 0 Å². The van der Waals surface area contributed by atoms with E-state index in [9.17, 15) is 8.42 Å². The summed E-state index contributed by atoms with van der Waals surface area (Å²) in [5.74, 6) is 0.537. The van der Waals surface area contributed by atoms with E-state index in [0.717, 1.165) is 25.8 Å². The average molecular weight is 309 g/mol. The highest BCUT2D eigenvalue weighted by atomic mass is 35.7. The molecule has 0 aliphatic heterocycles. The number of aromatic nitrogens is 2. The van der Waals surface area contributed by atoms with Crippen LogP contribution in [0.5, 0.6) is 5.75 Å². The summed E-state index contributed by atoms with van der Waals surface area (Å²) in [4.78, 5) is 0.